The zero-order valence-corrected chi connectivity index (χ0v) is 12.6. The highest BCUT2D eigenvalue weighted by Gasteiger charge is 2.21. The molecule has 1 unspecified atom stereocenters. The van der Waals surface area contributed by atoms with Gasteiger partial charge in [-0.05, 0) is 13.8 Å². The smallest absolute Gasteiger partial charge is 0.367 e. The molecule has 0 saturated carbocycles. The van der Waals surface area contributed by atoms with Crippen molar-refractivity contribution in [3.05, 3.63) is 16.1 Å². The number of hydrogen-bond donors (Lipinski definition) is 1. The first-order valence-corrected chi connectivity index (χ1v) is 6.89. The lowest BCUT2D eigenvalue weighted by molar-refractivity contribution is -0.130. The Morgan fingerprint density at radius 1 is 1.45 bits per heavy atom. The molecule has 0 aromatic carbocycles. The fourth-order valence-electron chi connectivity index (χ4n) is 1.38. The summed E-state index contributed by atoms with van der Waals surface area (Å²) in [6.45, 7) is 3.51. The molecule has 20 heavy (non-hydrogen) atoms. The largest absolute Gasteiger partial charge is 0.461 e. The van der Waals surface area contributed by atoms with Crippen molar-refractivity contribution in [1.82, 2.24) is 15.2 Å². The number of thiazole rings is 1. The van der Waals surface area contributed by atoms with E-state index in [0.29, 0.717) is 0 Å². The number of likely N-dealkylation sites (N-methyl/N-ethyl adjacent to an activating group) is 1. The van der Waals surface area contributed by atoms with Crippen LogP contribution in [0.2, 0.25) is 0 Å². The van der Waals surface area contributed by atoms with Gasteiger partial charge in [0.2, 0.25) is 10.9 Å². The van der Waals surface area contributed by atoms with Crippen molar-refractivity contribution in [2.24, 2.45) is 0 Å². The van der Waals surface area contributed by atoms with E-state index in [9.17, 15) is 14.4 Å². The van der Waals surface area contributed by atoms with Gasteiger partial charge in [-0.1, -0.05) is 0 Å². The molecule has 8 heteroatoms. The van der Waals surface area contributed by atoms with Crippen molar-refractivity contribution in [3.8, 4) is 0 Å². The lowest BCUT2D eigenvalue weighted by Crippen LogP contribution is -2.44. The molecule has 0 fully saturated rings. The first-order chi connectivity index (χ1) is 9.36. The Bertz CT molecular complexity index is 513. The van der Waals surface area contributed by atoms with Gasteiger partial charge in [0.25, 0.3) is 5.91 Å². The third-order valence-electron chi connectivity index (χ3n) is 2.35. The summed E-state index contributed by atoms with van der Waals surface area (Å²) < 4.78 is 4.79. The maximum absolute atomic E-state index is 11.9. The van der Waals surface area contributed by atoms with E-state index in [4.69, 9.17) is 4.74 Å². The molecule has 7 nitrogen and oxygen atoms in total. The maximum atomic E-state index is 11.9. The fourth-order valence-corrected chi connectivity index (χ4v) is 2.07. The van der Waals surface area contributed by atoms with E-state index < -0.39 is 17.9 Å². The molecule has 0 aliphatic heterocycles. The predicted molar refractivity (Wildman–Crippen MR) is 73.7 cm³/mol. The highest BCUT2D eigenvalue weighted by Crippen LogP contribution is 2.11. The van der Waals surface area contributed by atoms with Crippen LogP contribution in [0.3, 0.4) is 0 Å². The van der Waals surface area contributed by atoms with Crippen LogP contribution in [0.15, 0.2) is 5.38 Å². The minimum Gasteiger partial charge on any atom is -0.461 e. The van der Waals surface area contributed by atoms with Crippen LogP contribution in [0, 0.1) is 0 Å². The van der Waals surface area contributed by atoms with Gasteiger partial charge >= 0.3 is 5.97 Å². The Hall–Kier alpha value is -1.96. The van der Waals surface area contributed by atoms with Gasteiger partial charge < -0.3 is 15.0 Å². The van der Waals surface area contributed by atoms with Crippen LogP contribution in [0.25, 0.3) is 0 Å². The van der Waals surface area contributed by atoms with Crippen LogP contribution in [-0.4, -0.2) is 54.4 Å². The number of nitrogens with zero attached hydrogens (tertiary/aromatic N) is 2. The lowest BCUT2D eigenvalue weighted by Gasteiger charge is -2.17. The molecule has 1 heterocycles. The molecule has 1 rings (SSSR count). The summed E-state index contributed by atoms with van der Waals surface area (Å²) in [4.78, 5) is 40.2. The third-order valence-corrected chi connectivity index (χ3v) is 3.17. The lowest BCUT2D eigenvalue weighted by atomic mass is 10.3. The van der Waals surface area contributed by atoms with E-state index in [2.05, 4.69) is 10.3 Å². The number of hydrogen-bond acceptors (Lipinski definition) is 6. The van der Waals surface area contributed by atoms with Gasteiger partial charge in [-0.2, -0.15) is 0 Å². The quantitative estimate of drug-likeness (QED) is 0.801. The fraction of sp³-hybridized carbons (Fsp3) is 0.500. The van der Waals surface area contributed by atoms with Crippen molar-refractivity contribution in [3.63, 3.8) is 0 Å². The Balaban J connectivity index is 2.69. The highest BCUT2D eigenvalue weighted by atomic mass is 32.1. The topological polar surface area (TPSA) is 88.6 Å². The van der Waals surface area contributed by atoms with Crippen molar-refractivity contribution in [1.29, 1.82) is 0 Å². The SMILES string of the molecule is CCOC(=O)c1nc(C(=O)NC(C)C(=O)N(C)C)cs1. The van der Waals surface area contributed by atoms with Gasteiger partial charge in [0.15, 0.2) is 0 Å². The molecular weight excluding hydrogens is 282 g/mol. The minimum atomic E-state index is -0.662. The van der Waals surface area contributed by atoms with Crippen LogP contribution in [0.5, 0.6) is 0 Å². The zero-order chi connectivity index (χ0) is 15.3. The minimum absolute atomic E-state index is 0.0939. The number of nitrogens with one attached hydrogen (secondary N) is 1. The summed E-state index contributed by atoms with van der Waals surface area (Å²) in [5.74, 6) is -1.28. The molecule has 1 N–H and O–H groups in total. The van der Waals surface area contributed by atoms with E-state index in [-0.39, 0.29) is 23.2 Å². The molecule has 0 radical (unpaired) electrons. The van der Waals surface area contributed by atoms with Gasteiger partial charge in [-0.15, -0.1) is 11.3 Å². The molecular formula is C12H17N3O4S. The van der Waals surface area contributed by atoms with Crippen molar-refractivity contribution in [2.75, 3.05) is 20.7 Å². The van der Waals surface area contributed by atoms with E-state index >= 15 is 0 Å². The summed E-state index contributed by atoms with van der Waals surface area (Å²) in [5.41, 5.74) is 0.0939. The van der Waals surface area contributed by atoms with Crippen LogP contribution < -0.4 is 5.32 Å². The number of ether oxygens (including phenoxy) is 1. The van der Waals surface area contributed by atoms with E-state index in [1.165, 1.54) is 10.3 Å². The Morgan fingerprint density at radius 2 is 2.10 bits per heavy atom. The average molecular weight is 299 g/mol. The molecule has 0 bridgehead atoms. The average Bonchev–Trinajstić information content (AvgIpc) is 2.87. The summed E-state index contributed by atoms with van der Waals surface area (Å²) in [5, 5.41) is 4.09. The second-order valence-corrected chi connectivity index (χ2v) is 5.04. The molecule has 1 aromatic rings. The van der Waals surface area contributed by atoms with Crippen molar-refractivity contribution >= 4 is 29.1 Å². The number of carbonyl (C=O) groups is 3. The van der Waals surface area contributed by atoms with E-state index in [1.54, 1.807) is 27.9 Å². The number of rotatable bonds is 5. The number of amides is 2. The first kappa shape index (κ1) is 16.1. The zero-order valence-electron chi connectivity index (χ0n) is 11.8. The second-order valence-electron chi connectivity index (χ2n) is 4.19. The molecule has 0 spiro atoms. The van der Waals surface area contributed by atoms with Crippen LogP contribution in [0.4, 0.5) is 0 Å². The van der Waals surface area contributed by atoms with Crippen molar-refractivity contribution < 1.29 is 19.1 Å². The second kappa shape index (κ2) is 6.99. The van der Waals surface area contributed by atoms with Gasteiger partial charge in [-0.3, -0.25) is 9.59 Å². The Kier molecular flexibility index (Phi) is 5.63. The molecule has 1 aromatic heterocycles. The Morgan fingerprint density at radius 3 is 2.65 bits per heavy atom. The number of aromatic nitrogens is 1. The van der Waals surface area contributed by atoms with E-state index in [0.717, 1.165) is 11.3 Å². The summed E-state index contributed by atoms with van der Waals surface area (Å²) >= 11 is 1.03. The molecule has 0 aliphatic rings. The summed E-state index contributed by atoms with van der Waals surface area (Å²) in [6.07, 6.45) is 0. The predicted octanol–water partition coefficient (Wildman–Crippen LogP) is 0.526. The highest BCUT2D eigenvalue weighted by molar-refractivity contribution is 7.11. The van der Waals surface area contributed by atoms with Crippen LogP contribution in [-0.2, 0) is 9.53 Å². The normalized spacial score (nSPS) is 11.6. The Labute approximate surface area is 120 Å². The van der Waals surface area contributed by atoms with Gasteiger partial charge in [0, 0.05) is 19.5 Å². The molecule has 110 valence electrons. The molecule has 2 amide bonds. The summed E-state index contributed by atoms with van der Waals surface area (Å²) in [7, 11) is 3.21. The number of carbonyl (C=O) groups excluding carboxylic acids is 3. The molecule has 1 atom stereocenters. The third kappa shape index (κ3) is 4.02. The first-order valence-electron chi connectivity index (χ1n) is 6.01. The maximum Gasteiger partial charge on any atom is 0.367 e. The van der Waals surface area contributed by atoms with Crippen molar-refractivity contribution in [2.45, 2.75) is 19.9 Å². The van der Waals surface area contributed by atoms with Gasteiger partial charge in [0.05, 0.1) is 6.61 Å². The van der Waals surface area contributed by atoms with Gasteiger partial charge in [0.1, 0.15) is 11.7 Å². The number of esters is 1. The molecule has 0 aliphatic carbocycles. The summed E-state index contributed by atoms with van der Waals surface area (Å²) in [6, 6.07) is -0.662. The molecule has 0 saturated heterocycles. The van der Waals surface area contributed by atoms with E-state index in [1.807, 2.05) is 0 Å². The monoisotopic (exact) mass is 299 g/mol. The van der Waals surface area contributed by atoms with Crippen LogP contribution >= 0.6 is 11.3 Å². The standard InChI is InChI=1S/C12H17N3O4S/c1-5-19-12(18)10-14-8(6-20-10)9(16)13-7(2)11(17)15(3)4/h6-7H,5H2,1-4H3,(H,13,16). The van der Waals surface area contributed by atoms with Gasteiger partial charge in [-0.25, -0.2) is 9.78 Å². The van der Waals surface area contributed by atoms with Crippen LogP contribution in [0.1, 0.15) is 34.1 Å².